The SMILES string of the molecule is Cc1cc(C)c2ccc(-c3cccs3)nc2c1. The predicted molar refractivity (Wildman–Crippen MR) is 74.5 cm³/mol. The molecule has 0 unspecified atom stereocenters. The van der Waals surface area contributed by atoms with E-state index in [2.05, 4.69) is 55.6 Å². The van der Waals surface area contributed by atoms with Crippen LogP contribution in [0.1, 0.15) is 11.1 Å². The van der Waals surface area contributed by atoms with Crippen molar-refractivity contribution in [1.29, 1.82) is 0 Å². The molecule has 0 amide bonds. The number of thiophene rings is 1. The Balaban J connectivity index is 2.26. The van der Waals surface area contributed by atoms with E-state index in [0.29, 0.717) is 0 Å². The van der Waals surface area contributed by atoms with Gasteiger partial charge >= 0.3 is 0 Å². The summed E-state index contributed by atoms with van der Waals surface area (Å²) in [7, 11) is 0. The van der Waals surface area contributed by atoms with Gasteiger partial charge in [-0.05, 0) is 48.6 Å². The number of hydrogen-bond acceptors (Lipinski definition) is 2. The van der Waals surface area contributed by atoms with Crippen molar-refractivity contribution < 1.29 is 0 Å². The molecule has 0 aliphatic rings. The zero-order chi connectivity index (χ0) is 11.8. The van der Waals surface area contributed by atoms with Crippen molar-refractivity contribution in [2.75, 3.05) is 0 Å². The monoisotopic (exact) mass is 239 g/mol. The number of fused-ring (bicyclic) bond motifs is 1. The Bertz CT molecular complexity index is 669. The molecule has 0 saturated carbocycles. The number of aromatic nitrogens is 1. The van der Waals surface area contributed by atoms with Crippen molar-refractivity contribution in [3.05, 3.63) is 52.9 Å². The van der Waals surface area contributed by atoms with Gasteiger partial charge in [0.2, 0.25) is 0 Å². The molecule has 2 aromatic heterocycles. The fourth-order valence-corrected chi connectivity index (χ4v) is 2.85. The number of nitrogens with zero attached hydrogens (tertiary/aromatic N) is 1. The number of pyridine rings is 1. The van der Waals surface area contributed by atoms with Crippen LogP contribution in [0.15, 0.2) is 41.8 Å². The predicted octanol–water partition coefficient (Wildman–Crippen LogP) is 4.58. The molecule has 2 heterocycles. The fourth-order valence-electron chi connectivity index (χ4n) is 2.16. The Labute approximate surface area is 105 Å². The summed E-state index contributed by atoms with van der Waals surface area (Å²) in [5.41, 5.74) is 4.72. The van der Waals surface area contributed by atoms with Crippen molar-refractivity contribution in [3.8, 4) is 10.6 Å². The lowest BCUT2D eigenvalue weighted by Crippen LogP contribution is -1.87. The summed E-state index contributed by atoms with van der Waals surface area (Å²) in [6.07, 6.45) is 0. The summed E-state index contributed by atoms with van der Waals surface area (Å²) >= 11 is 1.73. The van der Waals surface area contributed by atoms with Gasteiger partial charge in [-0.15, -0.1) is 11.3 Å². The lowest BCUT2D eigenvalue weighted by molar-refractivity contribution is 1.36. The summed E-state index contributed by atoms with van der Waals surface area (Å²) in [5.74, 6) is 0. The zero-order valence-electron chi connectivity index (χ0n) is 9.90. The van der Waals surface area contributed by atoms with Gasteiger partial charge in [0.15, 0.2) is 0 Å². The first kappa shape index (κ1) is 10.5. The van der Waals surface area contributed by atoms with Gasteiger partial charge in [-0.3, -0.25) is 0 Å². The molecule has 3 aromatic rings. The molecule has 0 radical (unpaired) electrons. The van der Waals surface area contributed by atoms with Crippen LogP contribution >= 0.6 is 11.3 Å². The van der Waals surface area contributed by atoms with E-state index < -0.39 is 0 Å². The van der Waals surface area contributed by atoms with Crippen LogP contribution in [0.25, 0.3) is 21.5 Å². The molecule has 0 saturated heterocycles. The van der Waals surface area contributed by atoms with Gasteiger partial charge in [0.05, 0.1) is 16.1 Å². The Kier molecular flexibility index (Phi) is 2.45. The summed E-state index contributed by atoms with van der Waals surface area (Å²) in [4.78, 5) is 5.98. The third-order valence-corrected chi connectivity index (χ3v) is 3.82. The number of aryl methyl sites for hydroxylation is 2. The number of hydrogen-bond donors (Lipinski definition) is 0. The molecule has 0 aliphatic heterocycles. The van der Waals surface area contributed by atoms with Crippen LogP contribution in [-0.4, -0.2) is 4.98 Å². The Hall–Kier alpha value is -1.67. The van der Waals surface area contributed by atoms with Gasteiger partial charge in [0, 0.05) is 5.39 Å². The summed E-state index contributed by atoms with van der Waals surface area (Å²) in [6, 6.07) is 12.8. The average Bonchev–Trinajstić information content (AvgIpc) is 2.81. The first-order valence-corrected chi connectivity index (χ1v) is 6.54. The second-order valence-electron chi connectivity index (χ2n) is 4.32. The minimum absolute atomic E-state index is 1.07. The Morgan fingerprint density at radius 3 is 2.71 bits per heavy atom. The van der Waals surface area contributed by atoms with Gasteiger partial charge in [-0.2, -0.15) is 0 Å². The van der Waals surface area contributed by atoms with Crippen LogP contribution in [0.2, 0.25) is 0 Å². The Morgan fingerprint density at radius 2 is 1.94 bits per heavy atom. The highest BCUT2D eigenvalue weighted by Crippen LogP contribution is 2.26. The standard InChI is InChI=1S/C15H13NS/c1-10-8-11(2)12-5-6-13(16-14(12)9-10)15-4-3-7-17-15/h3-9H,1-2H3. The van der Waals surface area contributed by atoms with Crippen LogP contribution < -0.4 is 0 Å². The molecule has 84 valence electrons. The van der Waals surface area contributed by atoms with E-state index in [9.17, 15) is 0 Å². The lowest BCUT2D eigenvalue weighted by Gasteiger charge is -2.05. The minimum atomic E-state index is 1.07. The fraction of sp³-hybridized carbons (Fsp3) is 0.133. The summed E-state index contributed by atoms with van der Waals surface area (Å²) in [6.45, 7) is 4.26. The van der Waals surface area contributed by atoms with E-state index in [0.717, 1.165) is 11.2 Å². The van der Waals surface area contributed by atoms with Crippen molar-refractivity contribution in [2.45, 2.75) is 13.8 Å². The van der Waals surface area contributed by atoms with Gasteiger partial charge in [-0.25, -0.2) is 4.98 Å². The van der Waals surface area contributed by atoms with E-state index in [-0.39, 0.29) is 0 Å². The van der Waals surface area contributed by atoms with Crippen LogP contribution in [0.5, 0.6) is 0 Å². The van der Waals surface area contributed by atoms with Crippen molar-refractivity contribution in [2.24, 2.45) is 0 Å². The molecule has 0 bridgehead atoms. The van der Waals surface area contributed by atoms with Crippen LogP contribution in [0, 0.1) is 13.8 Å². The largest absolute Gasteiger partial charge is 0.247 e. The maximum Gasteiger partial charge on any atom is 0.0809 e. The van der Waals surface area contributed by atoms with Crippen LogP contribution in [0.4, 0.5) is 0 Å². The van der Waals surface area contributed by atoms with Crippen LogP contribution in [-0.2, 0) is 0 Å². The average molecular weight is 239 g/mol. The van der Waals surface area contributed by atoms with E-state index in [4.69, 9.17) is 4.98 Å². The molecule has 0 aliphatic carbocycles. The lowest BCUT2D eigenvalue weighted by atomic mass is 10.1. The Morgan fingerprint density at radius 1 is 1.06 bits per heavy atom. The van der Waals surface area contributed by atoms with Gasteiger partial charge < -0.3 is 0 Å². The summed E-state index contributed by atoms with van der Waals surface area (Å²) in [5, 5.41) is 3.33. The van der Waals surface area contributed by atoms with Gasteiger partial charge in [0.25, 0.3) is 0 Å². The smallest absolute Gasteiger partial charge is 0.0809 e. The van der Waals surface area contributed by atoms with Crippen molar-refractivity contribution in [1.82, 2.24) is 4.98 Å². The molecule has 0 fully saturated rings. The molecule has 2 heteroatoms. The van der Waals surface area contributed by atoms with Crippen molar-refractivity contribution >= 4 is 22.2 Å². The zero-order valence-corrected chi connectivity index (χ0v) is 10.7. The molecular formula is C15H13NS. The van der Waals surface area contributed by atoms with E-state index in [1.54, 1.807) is 11.3 Å². The second kappa shape index (κ2) is 3.97. The second-order valence-corrected chi connectivity index (χ2v) is 5.27. The highest BCUT2D eigenvalue weighted by Gasteiger charge is 2.04. The molecule has 3 rings (SSSR count). The van der Waals surface area contributed by atoms with E-state index >= 15 is 0 Å². The number of rotatable bonds is 1. The van der Waals surface area contributed by atoms with Gasteiger partial charge in [0.1, 0.15) is 0 Å². The topological polar surface area (TPSA) is 12.9 Å². The highest BCUT2D eigenvalue weighted by atomic mass is 32.1. The molecule has 0 spiro atoms. The molecular weight excluding hydrogens is 226 g/mol. The number of benzene rings is 1. The van der Waals surface area contributed by atoms with E-state index in [1.165, 1.54) is 21.4 Å². The first-order valence-electron chi connectivity index (χ1n) is 5.66. The molecule has 0 atom stereocenters. The molecule has 0 N–H and O–H groups in total. The molecule has 1 aromatic carbocycles. The quantitative estimate of drug-likeness (QED) is 0.605. The first-order chi connectivity index (χ1) is 8.24. The minimum Gasteiger partial charge on any atom is -0.247 e. The highest BCUT2D eigenvalue weighted by molar-refractivity contribution is 7.13. The van der Waals surface area contributed by atoms with E-state index in [1.807, 2.05) is 0 Å². The summed E-state index contributed by atoms with van der Waals surface area (Å²) < 4.78 is 0. The molecule has 1 nitrogen and oxygen atoms in total. The third kappa shape index (κ3) is 1.85. The normalized spacial score (nSPS) is 10.9. The maximum absolute atomic E-state index is 4.75. The maximum atomic E-state index is 4.75. The van der Waals surface area contributed by atoms with Crippen molar-refractivity contribution in [3.63, 3.8) is 0 Å². The van der Waals surface area contributed by atoms with Gasteiger partial charge in [-0.1, -0.05) is 18.2 Å². The third-order valence-electron chi connectivity index (χ3n) is 2.93. The van der Waals surface area contributed by atoms with Crippen LogP contribution in [0.3, 0.4) is 0 Å². The molecule has 17 heavy (non-hydrogen) atoms.